The minimum absolute atomic E-state index is 0.113. The van der Waals surface area contributed by atoms with E-state index in [-0.39, 0.29) is 10.6 Å². The molecule has 6 nitrogen and oxygen atoms in total. The topological polar surface area (TPSA) is 62.0 Å². The van der Waals surface area contributed by atoms with E-state index in [1.165, 1.54) is 0 Å². The Hall–Kier alpha value is -2.89. The van der Waals surface area contributed by atoms with Crippen molar-refractivity contribution in [3.8, 4) is 0 Å². The van der Waals surface area contributed by atoms with Crippen LogP contribution in [0.25, 0.3) is 0 Å². The van der Waals surface area contributed by atoms with E-state index in [0.717, 1.165) is 42.4 Å². The maximum atomic E-state index is 11.1. The summed E-state index contributed by atoms with van der Waals surface area (Å²) >= 11 is 0. The first-order valence-electron chi connectivity index (χ1n) is 7.66. The Bertz CT molecular complexity index is 788. The number of nitrogens with zero attached hydrogens (tertiary/aromatic N) is 4. The average molecular weight is 308 g/mol. The Morgan fingerprint density at radius 2 is 1.96 bits per heavy atom. The lowest BCUT2D eigenvalue weighted by Crippen LogP contribution is -2.41. The number of anilines is 2. The van der Waals surface area contributed by atoms with E-state index in [1.54, 1.807) is 12.1 Å². The van der Waals surface area contributed by atoms with Gasteiger partial charge in [-0.05, 0) is 18.1 Å². The molecule has 2 aromatic carbocycles. The zero-order chi connectivity index (χ0) is 15.8. The highest BCUT2D eigenvalue weighted by molar-refractivity contribution is 6.16. The minimum atomic E-state index is -0.347. The standard InChI is InChI=1S/C17H16N4O2/c22-21(23)14-7-8-15-16(11-14)20(12-13-5-2-1-3-6-13)17-18-9-4-10-19(15)17/h1-3,5-8,11H,4,9-10,12H2. The predicted octanol–water partition coefficient (Wildman–Crippen LogP) is 3.18. The van der Waals surface area contributed by atoms with Crippen molar-refractivity contribution in [2.45, 2.75) is 13.0 Å². The molecule has 0 aromatic heterocycles. The van der Waals surface area contributed by atoms with Crippen molar-refractivity contribution in [2.75, 3.05) is 22.9 Å². The van der Waals surface area contributed by atoms with Gasteiger partial charge >= 0.3 is 0 Å². The van der Waals surface area contributed by atoms with Gasteiger partial charge < -0.3 is 9.80 Å². The number of nitro benzene ring substituents is 1. The molecule has 0 amide bonds. The molecule has 0 radical (unpaired) electrons. The molecule has 0 unspecified atom stereocenters. The smallest absolute Gasteiger partial charge is 0.271 e. The lowest BCUT2D eigenvalue weighted by atomic mass is 10.2. The molecule has 23 heavy (non-hydrogen) atoms. The summed E-state index contributed by atoms with van der Waals surface area (Å²) in [4.78, 5) is 19.7. The monoisotopic (exact) mass is 308 g/mol. The number of guanidine groups is 1. The van der Waals surface area contributed by atoms with Crippen LogP contribution in [0, 0.1) is 10.1 Å². The molecule has 6 heteroatoms. The number of rotatable bonds is 3. The number of fused-ring (bicyclic) bond motifs is 3. The third-order valence-electron chi connectivity index (χ3n) is 4.21. The van der Waals surface area contributed by atoms with Crippen molar-refractivity contribution < 1.29 is 4.92 Å². The second-order valence-corrected chi connectivity index (χ2v) is 5.69. The van der Waals surface area contributed by atoms with Crippen LogP contribution >= 0.6 is 0 Å². The Morgan fingerprint density at radius 3 is 2.74 bits per heavy atom. The number of hydrogen-bond donors (Lipinski definition) is 0. The summed E-state index contributed by atoms with van der Waals surface area (Å²) in [6.45, 7) is 2.35. The fourth-order valence-corrected chi connectivity index (χ4v) is 3.15. The number of non-ortho nitro benzene ring substituents is 1. The lowest BCUT2D eigenvalue weighted by Gasteiger charge is -2.26. The Morgan fingerprint density at radius 1 is 1.13 bits per heavy atom. The summed E-state index contributed by atoms with van der Waals surface area (Å²) in [7, 11) is 0. The van der Waals surface area contributed by atoms with Crippen LogP contribution in [0.2, 0.25) is 0 Å². The maximum absolute atomic E-state index is 11.1. The van der Waals surface area contributed by atoms with Crippen molar-refractivity contribution in [3.05, 3.63) is 64.2 Å². The molecule has 4 rings (SSSR count). The van der Waals surface area contributed by atoms with Crippen LogP contribution in [-0.4, -0.2) is 24.0 Å². The fourth-order valence-electron chi connectivity index (χ4n) is 3.15. The third-order valence-corrected chi connectivity index (χ3v) is 4.21. The van der Waals surface area contributed by atoms with Gasteiger partial charge in [-0.25, -0.2) is 0 Å². The van der Waals surface area contributed by atoms with E-state index < -0.39 is 0 Å². The molecule has 2 aromatic rings. The summed E-state index contributed by atoms with van der Waals surface area (Å²) in [6.07, 6.45) is 0.999. The summed E-state index contributed by atoms with van der Waals surface area (Å²) in [5.74, 6) is 0.899. The van der Waals surface area contributed by atoms with Crippen LogP contribution in [0.1, 0.15) is 12.0 Å². The van der Waals surface area contributed by atoms with E-state index in [2.05, 4.69) is 26.9 Å². The van der Waals surface area contributed by atoms with E-state index in [1.807, 2.05) is 24.3 Å². The molecule has 0 fully saturated rings. The van der Waals surface area contributed by atoms with Gasteiger partial charge in [-0.15, -0.1) is 0 Å². The molecule has 2 heterocycles. The van der Waals surface area contributed by atoms with Crippen LogP contribution in [0.3, 0.4) is 0 Å². The lowest BCUT2D eigenvalue weighted by molar-refractivity contribution is -0.384. The van der Waals surface area contributed by atoms with E-state index in [9.17, 15) is 10.1 Å². The van der Waals surface area contributed by atoms with Crippen LogP contribution in [0.15, 0.2) is 53.5 Å². The zero-order valence-electron chi connectivity index (χ0n) is 12.6. The summed E-state index contributed by atoms with van der Waals surface area (Å²) in [6, 6.07) is 15.2. The Balaban J connectivity index is 1.79. The second-order valence-electron chi connectivity index (χ2n) is 5.69. The molecular weight excluding hydrogens is 292 g/mol. The average Bonchev–Trinajstić information content (AvgIpc) is 2.90. The van der Waals surface area contributed by atoms with E-state index in [4.69, 9.17) is 0 Å². The largest absolute Gasteiger partial charge is 0.310 e. The molecule has 0 spiro atoms. The van der Waals surface area contributed by atoms with Crippen molar-refractivity contribution in [2.24, 2.45) is 4.99 Å². The maximum Gasteiger partial charge on any atom is 0.271 e. The van der Waals surface area contributed by atoms with Gasteiger partial charge in [0.05, 0.1) is 22.8 Å². The highest BCUT2D eigenvalue weighted by Gasteiger charge is 2.35. The van der Waals surface area contributed by atoms with Crippen molar-refractivity contribution >= 4 is 23.0 Å². The van der Waals surface area contributed by atoms with E-state index >= 15 is 0 Å². The zero-order valence-corrected chi connectivity index (χ0v) is 12.6. The van der Waals surface area contributed by atoms with Gasteiger partial charge in [-0.2, -0.15) is 0 Å². The van der Waals surface area contributed by atoms with Gasteiger partial charge in [-0.1, -0.05) is 30.3 Å². The van der Waals surface area contributed by atoms with Crippen molar-refractivity contribution in [1.82, 2.24) is 0 Å². The van der Waals surface area contributed by atoms with Crippen LogP contribution < -0.4 is 9.80 Å². The molecule has 0 atom stereocenters. The second kappa shape index (κ2) is 5.39. The van der Waals surface area contributed by atoms with Crippen LogP contribution in [-0.2, 0) is 6.54 Å². The van der Waals surface area contributed by atoms with Crippen LogP contribution in [0.4, 0.5) is 17.1 Å². The molecular formula is C17H16N4O2. The molecule has 0 saturated carbocycles. The van der Waals surface area contributed by atoms with Crippen molar-refractivity contribution in [3.63, 3.8) is 0 Å². The third kappa shape index (κ3) is 2.32. The van der Waals surface area contributed by atoms with Crippen LogP contribution in [0.5, 0.6) is 0 Å². The fraction of sp³-hybridized carbons (Fsp3) is 0.235. The highest BCUT2D eigenvalue weighted by atomic mass is 16.6. The minimum Gasteiger partial charge on any atom is -0.310 e. The molecule has 2 aliphatic rings. The van der Waals surface area contributed by atoms with E-state index in [0.29, 0.717) is 6.54 Å². The normalized spacial score (nSPS) is 15.9. The first-order valence-corrected chi connectivity index (χ1v) is 7.66. The molecule has 116 valence electrons. The summed E-state index contributed by atoms with van der Waals surface area (Å²) in [5.41, 5.74) is 3.14. The van der Waals surface area contributed by atoms with Gasteiger partial charge in [0.25, 0.3) is 5.69 Å². The summed E-state index contributed by atoms with van der Waals surface area (Å²) < 4.78 is 0. The first-order chi connectivity index (χ1) is 11.2. The Kier molecular flexibility index (Phi) is 3.22. The van der Waals surface area contributed by atoms with Gasteiger partial charge in [-0.3, -0.25) is 15.1 Å². The highest BCUT2D eigenvalue weighted by Crippen LogP contribution is 2.41. The number of nitro groups is 1. The molecule has 0 N–H and O–H groups in total. The predicted molar refractivity (Wildman–Crippen MR) is 90.0 cm³/mol. The van der Waals surface area contributed by atoms with Crippen molar-refractivity contribution in [1.29, 1.82) is 0 Å². The Labute approximate surface area is 133 Å². The molecule has 0 saturated heterocycles. The number of benzene rings is 2. The molecule has 0 aliphatic carbocycles. The van der Waals surface area contributed by atoms with Gasteiger partial charge in [0.2, 0.25) is 5.96 Å². The van der Waals surface area contributed by atoms with Gasteiger partial charge in [0.15, 0.2) is 0 Å². The van der Waals surface area contributed by atoms with Gasteiger partial charge in [0.1, 0.15) is 0 Å². The number of hydrogen-bond acceptors (Lipinski definition) is 5. The number of aliphatic imine (C=N–C) groups is 1. The molecule has 0 bridgehead atoms. The van der Waals surface area contributed by atoms with Gasteiger partial charge in [0, 0.05) is 25.2 Å². The molecule has 2 aliphatic heterocycles. The first kappa shape index (κ1) is 13.8. The summed E-state index contributed by atoms with van der Waals surface area (Å²) in [5, 5.41) is 11.1. The SMILES string of the molecule is O=[N+]([O-])c1ccc2c(c1)N(Cc1ccccc1)C1=NCCCN12. The quantitative estimate of drug-likeness (QED) is 0.645.